The van der Waals surface area contributed by atoms with E-state index in [4.69, 9.17) is 4.74 Å². The molecule has 0 aliphatic carbocycles. The van der Waals surface area contributed by atoms with Crippen LogP contribution in [0.15, 0.2) is 0 Å². The van der Waals surface area contributed by atoms with E-state index in [2.05, 4.69) is 27.7 Å². The van der Waals surface area contributed by atoms with Crippen molar-refractivity contribution in [3.8, 4) is 0 Å². The molecular weight excluding hydrogens is 320 g/mol. The summed E-state index contributed by atoms with van der Waals surface area (Å²) in [5.74, 6) is 1.43. The zero-order valence-corrected chi connectivity index (χ0v) is 18.5. The Morgan fingerprint density at radius 1 is 0.654 bits per heavy atom. The van der Waals surface area contributed by atoms with Crippen LogP contribution in [0, 0.1) is 11.8 Å². The fourth-order valence-electron chi connectivity index (χ4n) is 3.46. The zero-order valence-electron chi connectivity index (χ0n) is 18.5. The second kappa shape index (κ2) is 19.2. The van der Waals surface area contributed by atoms with Gasteiger partial charge in [0.1, 0.15) is 0 Å². The van der Waals surface area contributed by atoms with E-state index in [1.54, 1.807) is 0 Å². The molecule has 0 aromatic rings. The van der Waals surface area contributed by atoms with Crippen LogP contribution in [0.4, 0.5) is 0 Å². The third kappa shape index (κ3) is 18.3. The van der Waals surface area contributed by atoms with Crippen molar-refractivity contribution in [3.05, 3.63) is 0 Å². The summed E-state index contributed by atoms with van der Waals surface area (Å²) in [7, 11) is 0. The van der Waals surface area contributed by atoms with E-state index < -0.39 is 0 Å². The Morgan fingerprint density at radius 3 is 1.69 bits per heavy atom. The molecule has 0 saturated carbocycles. The van der Waals surface area contributed by atoms with E-state index in [0.717, 1.165) is 12.3 Å². The summed E-state index contributed by atoms with van der Waals surface area (Å²) in [5.41, 5.74) is 0. The Bertz CT molecular complexity index is 301. The Kier molecular flexibility index (Phi) is 18.8. The van der Waals surface area contributed by atoms with Gasteiger partial charge < -0.3 is 4.74 Å². The van der Waals surface area contributed by atoms with Crippen molar-refractivity contribution >= 4 is 5.97 Å². The van der Waals surface area contributed by atoms with E-state index in [-0.39, 0.29) is 5.97 Å². The van der Waals surface area contributed by atoms with Gasteiger partial charge in [-0.05, 0) is 24.7 Å². The molecule has 0 amide bonds. The van der Waals surface area contributed by atoms with E-state index in [1.807, 2.05) is 0 Å². The maximum absolute atomic E-state index is 11.7. The number of carbonyl (C=O) groups excluding carboxylic acids is 1. The molecule has 0 aliphatic heterocycles. The average molecular weight is 369 g/mol. The molecule has 2 heteroatoms. The summed E-state index contributed by atoms with van der Waals surface area (Å²) in [4.78, 5) is 11.7. The maximum Gasteiger partial charge on any atom is 0.305 e. The number of hydrogen-bond acceptors (Lipinski definition) is 2. The van der Waals surface area contributed by atoms with Gasteiger partial charge in [0.25, 0.3) is 0 Å². The topological polar surface area (TPSA) is 26.3 Å². The standard InChI is InChI=1S/C24H48O2/c1-5-7-17-22(3)19-15-13-11-9-10-12-14-16-20-24(25)26-21-23(4)18-8-6-2/h22-23H,5-21H2,1-4H3. The van der Waals surface area contributed by atoms with Crippen molar-refractivity contribution in [2.45, 2.75) is 130 Å². The van der Waals surface area contributed by atoms with Crippen LogP contribution in [0.2, 0.25) is 0 Å². The fourth-order valence-corrected chi connectivity index (χ4v) is 3.46. The minimum absolute atomic E-state index is 0.00513. The molecule has 2 nitrogen and oxygen atoms in total. The minimum Gasteiger partial charge on any atom is -0.465 e. The predicted molar refractivity (Wildman–Crippen MR) is 115 cm³/mol. The minimum atomic E-state index is 0.00513. The van der Waals surface area contributed by atoms with Crippen molar-refractivity contribution in [1.29, 1.82) is 0 Å². The summed E-state index contributed by atoms with van der Waals surface area (Å²) >= 11 is 0. The molecule has 0 aromatic heterocycles. The van der Waals surface area contributed by atoms with E-state index in [9.17, 15) is 4.79 Å². The predicted octanol–water partition coefficient (Wildman–Crippen LogP) is 8.08. The van der Waals surface area contributed by atoms with Crippen molar-refractivity contribution in [2.75, 3.05) is 6.61 Å². The maximum atomic E-state index is 11.7. The highest BCUT2D eigenvalue weighted by Gasteiger charge is 2.07. The summed E-state index contributed by atoms with van der Waals surface area (Å²) in [6.45, 7) is 9.68. The molecule has 0 saturated heterocycles. The normalized spacial score (nSPS) is 13.5. The summed E-state index contributed by atoms with van der Waals surface area (Å²) in [6.07, 6.45) is 20.1. The molecule has 0 spiro atoms. The van der Waals surface area contributed by atoms with Crippen LogP contribution in [0.1, 0.15) is 130 Å². The van der Waals surface area contributed by atoms with Crippen molar-refractivity contribution in [2.24, 2.45) is 11.8 Å². The fraction of sp³-hybridized carbons (Fsp3) is 0.958. The quantitative estimate of drug-likeness (QED) is 0.170. The van der Waals surface area contributed by atoms with E-state index in [1.165, 1.54) is 89.9 Å². The number of unbranched alkanes of at least 4 members (excludes halogenated alkanes) is 9. The van der Waals surface area contributed by atoms with Crippen LogP contribution in [-0.2, 0) is 9.53 Å². The first-order chi connectivity index (χ1) is 12.6. The Hall–Kier alpha value is -0.530. The molecule has 0 bridgehead atoms. The SMILES string of the molecule is CCCCC(C)CCCCCCCCCCC(=O)OCC(C)CCCC. The second-order valence-electron chi connectivity index (χ2n) is 8.54. The van der Waals surface area contributed by atoms with Crippen LogP contribution in [0.25, 0.3) is 0 Å². The first-order valence-electron chi connectivity index (χ1n) is 11.8. The third-order valence-corrected chi connectivity index (χ3v) is 5.46. The number of esters is 1. The lowest BCUT2D eigenvalue weighted by atomic mass is 9.97. The molecule has 2 unspecified atom stereocenters. The largest absolute Gasteiger partial charge is 0.465 e. The first kappa shape index (κ1) is 25.5. The van der Waals surface area contributed by atoms with Gasteiger partial charge in [-0.25, -0.2) is 0 Å². The van der Waals surface area contributed by atoms with Gasteiger partial charge in [-0.1, -0.05) is 111 Å². The average Bonchev–Trinajstić information content (AvgIpc) is 2.64. The van der Waals surface area contributed by atoms with Gasteiger partial charge in [-0.2, -0.15) is 0 Å². The summed E-state index contributed by atoms with van der Waals surface area (Å²) < 4.78 is 5.38. The second-order valence-corrected chi connectivity index (χ2v) is 8.54. The molecule has 0 heterocycles. The number of ether oxygens (including phenoxy) is 1. The van der Waals surface area contributed by atoms with E-state index >= 15 is 0 Å². The lowest BCUT2D eigenvalue weighted by molar-refractivity contribution is -0.145. The van der Waals surface area contributed by atoms with Crippen LogP contribution >= 0.6 is 0 Å². The van der Waals surface area contributed by atoms with Crippen molar-refractivity contribution < 1.29 is 9.53 Å². The van der Waals surface area contributed by atoms with Crippen LogP contribution in [-0.4, -0.2) is 12.6 Å². The molecule has 0 aromatic carbocycles. The summed E-state index contributed by atoms with van der Waals surface area (Å²) in [5, 5.41) is 0. The Morgan fingerprint density at radius 2 is 1.12 bits per heavy atom. The van der Waals surface area contributed by atoms with E-state index in [0.29, 0.717) is 18.9 Å². The lowest BCUT2D eigenvalue weighted by Crippen LogP contribution is -2.11. The first-order valence-corrected chi connectivity index (χ1v) is 11.8. The smallest absolute Gasteiger partial charge is 0.305 e. The Labute approximate surface area is 164 Å². The van der Waals surface area contributed by atoms with Crippen molar-refractivity contribution in [3.63, 3.8) is 0 Å². The molecular formula is C24H48O2. The van der Waals surface area contributed by atoms with Crippen LogP contribution < -0.4 is 0 Å². The lowest BCUT2D eigenvalue weighted by Gasteiger charge is -2.11. The molecule has 2 atom stereocenters. The van der Waals surface area contributed by atoms with Crippen LogP contribution in [0.5, 0.6) is 0 Å². The van der Waals surface area contributed by atoms with Gasteiger partial charge in [0.05, 0.1) is 6.61 Å². The number of rotatable bonds is 19. The Balaban J connectivity index is 3.29. The molecule has 0 radical (unpaired) electrons. The highest BCUT2D eigenvalue weighted by atomic mass is 16.5. The zero-order chi connectivity index (χ0) is 19.5. The van der Waals surface area contributed by atoms with Gasteiger partial charge in [-0.15, -0.1) is 0 Å². The molecule has 0 fully saturated rings. The molecule has 0 N–H and O–H groups in total. The van der Waals surface area contributed by atoms with Gasteiger partial charge in [0.2, 0.25) is 0 Å². The number of hydrogen-bond donors (Lipinski definition) is 0. The molecule has 0 aliphatic rings. The van der Waals surface area contributed by atoms with Gasteiger partial charge in [0, 0.05) is 6.42 Å². The van der Waals surface area contributed by atoms with Gasteiger partial charge in [0.15, 0.2) is 0 Å². The third-order valence-electron chi connectivity index (χ3n) is 5.46. The molecule has 156 valence electrons. The summed E-state index contributed by atoms with van der Waals surface area (Å²) in [6, 6.07) is 0. The number of carbonyl (C=O) groups is 1. The monoisotopic (exact) mass is 368 g/mol. The van der Waals surface area contributed by atoms with Gasteiger partial charge >= 0.3 is 5.97 Å². The van der Waals surface area contributed by atoms with Gasteiger partial charge in [-0.3, -0.25) is 4.79 Å². The molecule has 0 rings (SSSR count). The highest BCUT2D eigenvalue weighted by Crippen LogP contribution is 2.17. The highest BCUT2D eigenvalue weighted by molar-refractivity contribution is 5.69. The van der Waals surface area contributed by atoms with Crippen LogP contribution in [0.3, 0.4) is 0 Å². The van der Waals surface area contributed by atoms with Crippen molar-refractivity contribution in [1.82, 2.24) is 0 Å². The molecule has 26 heavy (non-hydrogen) atoms.